The maximum Gasteiger partial charge on any atom is 0.00993 e. The third kappa shape index (κ3) is 5.25. The van der Waals surface area contributed by atoms with Gasteiger partial charge in [0, 0.05) is 18.1 Å². The van der Waals surface area contributed by atoms with Crippen molar-refractivity contribution in [2.75, 3.05) is 6.54 Å². The highest BCUT2D eigenvalue weighted by Crippen LogP contribution is 2.32. The Morgan fingerprint density at radius 3 is 2.14 bits per heavy atom. The van der Waals surface area contributed by atoms with Crippen molar-refractivity contribution in [2.24, 2.45) is 11.7 Å². The van der Waals surface area contributed by atoms with Crippen molar-refractivity contribution >= 4 is 0 Å². The third-order valence-electron chi connectivity index (χ3n) is 5.92. The van der Waals surface area contributed by atoms with E-state index in [2.05, 4.69) is 18.7 Å². The molecule has 2 aliphatic rings. The molecule has 21 heavy (non-hydrogen) atoms. The minimum absolute atomic E-state index is 0.479. The van der Waals surface area contributed by atoms with Gasteiger partial charge in [-0.3, -0.25) is 4.90 Å². The zero-order valence-corrected chi connectivity index (χ0v) is 14.5. The molecule has 0 amide bonds. The number of hydrogen-bond acceptors (Lipinski definition) is 2. The zero-order chi connectivity index (χ0) is 15.1. The molecule has 0 bridgehead atoms. The van der Waals surface area contributed by atoms with Crippen molar-refractivity contribution in [2.45, 2.75) is 109 Å². The van der Waals surface area contributed by atoms with E-state index in [-0.39, 0.29) is 0 Å². The molecule has 0 spiro atoms. The fraction of sp³-hybridized carbons (Fsp3) is 1.00. The van der Waals surface area contributed by atoms with Crippen molar-refractivity contribution in [1.29, 1.82) is 0 Å². The summed E-state index contributed by atoms with van der Waals surface area (Å²) >= 11 is 0. The van der Waals surface area contributed by atoms with Crippen molar-refractivity contribution in [3.05, 3.63) is 0 Å². The van der Waals surface area contributed by atoms with Gasteiger partial charge in [-0.05, 0) is 63.8 Å². The van der Waals surface area contributed by atoms with Gasteiger partial charge in [-0.15, -0.1) is 0 Å². The molecule has 2 atom stereocenters. The minimum Gasteiger partial charge on any atom is -0.328 e. The fourth-order valence-corrected chi connectivity index (χ4v) is 4.74. The van der Waals surface area contributed by atoms with Crippen LogP contribution in [0.15, 0.2) is 0 Å². The molecular formula is C19H38N2. The van der Waals surface area contributed by atoms with Crippen LogP contribution in [-0.2, 0) is 0 Å². The highest BCUT2D eigenvalue weighted by Gasteiger charge is 2.30. The maximum atomic E-state index is 6.11. The number of rotatable bonds is 6. The van der Waals surface area contributed by atoms with Crippen LogP contribution in [0.2, 0.25) is 0 Å². The monoisotopic (exact) mass is 294 g/mol. The lowest BCUT2D eigenvalue weighted by Crippen LogP contribution is -2.46. The van der Waals surface area contributed by atoms with Crippen LogP contribution in [0.5, 0.6) is 0 Å². The van der Waals surface area contributed by atoms with Crippen LogP contribution in [0.1, 0.15) is 90.9 Å². The number of nitrogens with zero attached hydrogens (tertiary/aromatic N) is 1. The van der Waals surface area contributed by atoms with Crippen LogP contribution < -0.4 is 5.73 Å². The first kappa shape index (κ1) is 17.3. The van der Waals surface area contributed by atoms with Crippen LogP contribution in [0.3, 0.4) is 0 Å². The van der Waals surface area contributed by atoms with Crippen LogP contribution in [-0.4, -0.2) is 29.6 Å². The fourth-order valence-electron chi connectivity index (χ4n) is 4.74. The number of nitrogens with two attached hydrogens (primary N) is 1. The normalized spacial score (nSPS) is 34.9. The Kier molecular flexibility index (Phi) is 7.53. The van der Waals surface area contributed by atoms with Crippen molar-refractivity contribution < 1.29 is 0 Å². The van der Waals surface area contributed by atoms with Crippen LogP contribution >= 0.6 is 0 Å². The molecule has 2 unspecified atom stereocenters. The molecule has 2 fully saturated rings. The predicted octanol–water partition coefficient (Wildman–Crippen LogP) is 4.72. The minimum atomic E-state index is 0.479. The summed E-state index contributed by atoms with van der Waals surface area (Å²) in [5, 5.41) is 0. The van der Waals surface area contributed by atoms with E-state index in [9.17, 15) is 0 Å². The molecule has 0 aliphatic heterocycles. The molecule has 0 radical (unpaired) electrons. The van der Waals surface area contributed by atoms with E-state index in [1.807, 2.05) is 0 Å². The summed E-state index contributed by atoms with van der Waals surface area (Å²) in [6.07, 6.45) is 16.6. The van der Waals surface area contributed by atoms with E-state index in [0.717, 1.165) is 18.0 Å². The van der Waals surface area contributed by atoms with Gasteiger partial charge < -0.3 is 5.73 Å². The van der Waals surface area contributed by atoms with Gasteiger partial charge in [0.05, 0.1) is 0 Å². The van der Waals surface area contributed by atoms with E-state index < -0.39 is 0 Å². The third-order valence-corrected chi connectivity index (χ3v) is 5.92. The Morgan fingerprint density at radius 2 is 1.48 bits per heavy atom. The SMILES string of the molecule is CCCC1CCCC(N(CCC)C2CCC(N)CC2)CC1. The largest absolute Gasteiger partial charge is 0.328 e. The van der Waals surface area contributed by atoms with E-state index in [4.69, 9.17) is 5.73 Å². The van der Waals surface area contributed by atoms with Gasteiger partial charge in [0.15, 0.2) is 0 Å². The average Bonchev–Trinajstić information content (AvgIpc) is 2.72. The quantitative estimate of drug-likeness (QED) is 0.718. The Bertz CT molecular complexity index is 271. The molecule has 2 N–H and O–H groups in total. The van der Waals surface area contributed by atoms with Crippen molar-refractivity contribution in [1.82, 2.24) is 4.90 Å². The van der Waals surface area contributed by atoms with Crippen molar-refractivity contribution in [3.63, 3.8) is 0 Å². The summed E-state index contributed by atoms with van der Waals surface area (Å²) in [6, 6.07) is 2.18. The van der Waals surface area contributed by atoms with Crippen molar-refractivity contribution in [3.8, 4) is 0 Å². The highest BCUT2D eigenvalue weighted by molar-refractivity contribution is 4.86. The summed E-state index contributed by atoms with van der Waals surface area (Å²) < 4.78 is 0. The molecule has 124 valence electrons. The first-order chi connectivity index (χ1) is 10.2. The molecule has 0 aromatic rings. The Balaban J connectivity index is 1.91. The molecule has 2 nitrogen and oxygen atoms in total. The molecular weight excluding hydrogens is 256 g/mol. The highest BCUT2D eigenvalue weighted by atomic mass is 15.2. The van der Waals surface area contributed by atoms with Gasteiger partial charge in [-0.2, -0.15) is 0 Å². The summed E-state index contributed by atoms with van der Waals surface area (Å²) in [5.74, 6) is 1.02. The summed E-state index contributed by atoms with van der Waals surface area (Å²) in [5.41, 5.74) is 6.11. The van der Waals surface area contributed by atoms with Gasteiger partial charge in [0.2, 0.25) is 0 Å². The Labute approximate surface area is 132 Å². The maximum absolute atomic E-state index is 6.11. The first-order valence-electron chi connectivity index (χ1n) is 9.75. The van der Waals surface area contributed by atoms with Gasteiger partial charge in [0.25, 0.3) is 0 Å². The van der Waals surface area contributed by atoms with Crippen LogP contribution in [0, 0.1) is 5.92 Å². The molecule has 2 rings (SSSR count). The summed E-state index contributed by atoms with van der Waals surface area (Å²) in [6.45, 7) is 6.00. The van der Waals surface area contributed by atoms with Gasteiger partial charge in [0.1, 0.15) is 0 Å². The lowest BCUT2D eigenvalue weighted by molar-refractivity contribution is 0.0894. The summed E-state index contributed by atoms with van der Waals surface area (Å²) in [7, 11) is 0. The number of hydrogen-bond donors (Lipinski definition) is 1. The second-order valence-electron chi connectivity index (χ2n) is 7.62. The van der Waals surface area contributed by atoms with E-state index in [0.29, 0.717) is 6.04 Å². The lowest BCUT2D eigenvalue weighted by atomic mass is 9.89. The molecule has 0 heterocycles. The Morgan fingerprint density at radius 1 is 0.810 bits per heavy atom. The molecule has 2 aliphatic carbocycles. The second-order valence-corrected chi connectivity index (χ2v) is 7.62. The molecule has 2 heteroatoms. The Hall–Kier alpha value is -0.0800. The molecule has 0 aromatic carbocycles. The van der Waals surface area contributed by atoms with E-state index in [1.165, 1.54) is 83.6 Å². The summed E-state index contributed by atoms with van der Waals surface area (Å²) in [4.78, 5) is 2.90. The molecule has 0 aromatic heterocycles. The van der Waals surface area contributed by atoms with Gasteiger partial charge in [-0.25, -0.2) is 0 Å². The second kappa shape index (κ2) is 9.15. The van der Waals surface area contributed by atoms with Gasteiger partial charge >= 0.3 is 0 Å². The van der Waals surface area contributed by atoms with Gasteiger partial charge in [-0.1, -0.05) is 39.5 Å². The van der Waals surface area contributed by atoms with Crippen LogP contribution in [0.4, 0.5) is 0 Å². The smallest absolute Gasteiger partial charge is 0.00993 e. The average molecular weight is 295 g/mol. The lowest BCUT2D eigenvalue weighted by Gasteiger charge is -2.41. The first-order valence-corrected chi connectivity index (χ1v) is 9.75. The van der Waals surface area contributed by atoms with E-state index in [1.54, 1.807) is 0 Å². The molecule has 0 saturated heterocycles. The standard InChI is InChI=1S/C19H38N2/c1-3-6-16-7-5-8-18(12-9-16)21(15-4-2)19-13-10-17(20)11-14-19/h16-19H,3-15,20H2,1-2H3. The van der Waals surface area contributed by atoms with Crippen LogP contribution in [0.25, 0.3) is 0 Å². The molecule has 2 saturated carbocycles. The topological polar surface area (TPSA) is 29.3 Å². The predicted molar refractivity (Wildman–Crippen MR) is 92.5 cm³/mol. The van der Waals surface area contributed by atoms with E-state index >= 15 is 0 Å². The zero-order valence-electron chi connectivity index (χ0n) is 14.5.